The van der Waals surface area contributed by atoms with Crippen molar-refractivity contribution >= 4 is 5.91 Å². The fraction of sp³-hybridized carbons (Fsp3) is 0.933. The SMILES string of the molecule is CCC(C)C1NC(C(C)C)N(CC2CCOC2)C1=O. The lowest BCUT2D eigenvalue weighted by atomic mass is 9.99. The number of nitrogens with one attached hydrogen (secondary N) is 1. The highest BCUT2D eigenvalue weighted by Gasteiger charge is 2.42. The van der Waals surface area contributed by atoms with Gasteiger partial charge in [0.25, 0.3) is 0 Å². The van der Waals surface area contributed by atoms with Crippen LogP contribution < -0.4 is 5.32 Å². The monoisotopic (exact) mass is 268 g/mol. The van der Waals surface area contributed by atoms with Crippen molar-refractivity contribution in [2.24, 2.45) is 17.8 Å². The molecule has 19 heavy (non-hydrogen) atoms. The first-order chi connectivity index (χ1) is 9.04. The maximum Gasteiger partial charge on any atom is 0.241 e. The molecule has 2 heterocycles. The average Bonchev–Trinajstić information content (AvgIpc) is 2.99. The number of ether oxygens (including phenoxy) is 1. The average molecular weight is 268 g/mol. The number of hydrogen-bond donors (Lipinski definition) is 1. The summed E-state index contributed by atoms with van der Waals surface area (Å²) in [6, 6.07) is -0.000258. The molecule has 0 saturated carbocycles. The second-order valence-electron chi connectivity index (χ2n) is 6.44. The molecule has 4 nitrogen and oxygen atoms in total. The summed E-state index contributed by atoms with van der Waals surface area (Å²) in [5.74, 6) is 1.65. The molecular formula is C15H28N2O2. The van der Waals surface area contributed by atoms with Crippen LogP contribution in [0.2, 0.25) is 0 Å². The van der Waals surface area contributed by atoms with E-state index >= 15 is 0 Å². The van der Waals surface area contributed by atoms with Crippen molar-refractivity contribution in [3.05, 3.63) is 0 Å². The van der Waals surface area contributed by atoms with E-state index in [2.05, 4.69) is 37.9 Å². The molecule has 0 aromatic heterocycles. The standard InChI is InChI=1S/C15H28N2O2/c1-5-11(4)13-15(18)17(14(16-13)10(2)3)8-12-6-7-19-9-12/h10-14,16H,5-9H2,1-4H3. The summed E-state index contributed by atoms with van der Waals surface area (Å²) in [6.45, 7) is 11.2. The van der Waals surface area contributed by atoms with Gasteiger partial charge in [0.15, 0.2) is 0 Å². The van der Waals surface area contributed by atoms with Crippen LogP contribution in [0.3, 0.4) is 0 Å². The third-order valence-electron chi connectivity index (χ3n) is 4.56. The molecule has 1 N–H and O–H groups in total. The maximum atomic E-state index is 12.6. The quantitative estimate of drug-likeness (QED) is 0.827. The number of carbonyl (C=O) groups is 1. The molecule has 0 bridgehead atoms. The van der Waals surface area contributed by atoms with E-state index in [-0.39, 0.29) is 12.2 Å². The van der Waals surface area contributed by atoms with Crippen molar-refractivity contribution in [3.8, 4) is 0 Å². The summed E-state index contributed by atoms with van der Waals surface area (Å²) in [5, 5.41) is 3.55. The summed E-state index contributed by atoms with van der Waals surface area (Å²) in [7, 11) is 0. The Labute approximate surface area is 116 Å². The van der Waals surface area contributed by atoms with Crippen molar-refractivity contribution in [1.29, 1.82) is 0 Å². The minimum Gasteiger partial charge on any atom is -0.381 e. The molecule has 0 aliphatic carbocycles. The van der Waals surface area contributed by atoms with E-state index in [0.717, 1.165) is 32.6 Å². The molecular weight excluding hydrogens is 240 g/mol. The first-order valence-electron chi connectivity index (χ1n) is 7.68. The van der Waals surface area contributed by atoms with E-state index in [1.165, 1.54) is 0 Å². The van der Waals surface area contributed by atoms with Gasteiger partial charge in [0.05, 0.1) is 18.8 Å². The molecule has 0 radical (unpaired) electrons. The van der Waals surface area contributed by atoms with Gasteiger partial charge in [0, 0.05) is 19.1 Å². The third-order valence-corrected chi connectivity index (χ3v) is 4.56. The highest BCUT2D eigenvalue weighted by Crippen LogP contribution is 2.26. The van der Waals surface area contributed by atoms with Crippen molar-refractivity contribution in [3.63, 3.8) is 0 Å². The van der Waals surface area contributed by atoms with Gasteiger partial charge in [0.2, 0.25) is 5.91 Å². The molecule has 110 valence electrons. The van der Waals surface area contributed by atoms with Crippen molar-refractivity contribution in [2.45, 2.75) is 52.7 Å². The summed E-state index contributed by atoms with van der Waals surface area (Å²) < 4.78 is 5.44. The first-order valence-corrected chi connectivity index (χ1v) is 7.68. The summed E-state index contributed by atoms with van der Waals surface area (Å²) in [6.07, 6.45) is 2.31. The summed E-state index contributed by atoms with van der Waals surface area (Å²) in [4.78, 5) is 14.7. The zero-order valence-electron chi connectivity index (χ0n) is 12.7. The Hall–Kier alpha value is -0.610. The molecule has 2 rings (SSSR count). The van der Waals surface area contributed by atoms with Gasteiger partial charge in [0.1, 0.15) is 0 Å². The topological polar surface area (TPSA) is 41.6 Å². The molecule has 0 aromatic rings. The molecule has 2 aliphatic heterocycles. The predicted octanol–water partition coefficient (Wildman–Crippen LogP) is 1.85. The normalized spacial score (nSPS) is 33.4. The molecule has 4 unspecified atom stereocenters. The van der Waals surface area contributed by atoms with Crippen LogP contribution in [0.5, 0.6) is 0 Å². The second kappa shape index (κ2) is 6.23. The second-order valence-corrected chi connectivity index (χ2v) is 6.44. The van der Waals surface area contributed by atoms with Gasteiger partial charge in [-0.25, -0.2) is 0 Å². The molecule has 0 spiro atoms. The van der Waals surface area contributed by atoms with E-state index in [1.54, 1.807) is 0 Å². The highest BCUT2D eigenvalue weighted by atomic mass is 16.5. The Bertz CT molecular complexity index is 313. The number of nitrogens with zero attached hydrogens (tertiary/aromatic N) is 1. The van der Waals surface area contributed by atoms with Crippen LogP contribution in [-0.4, -0.2) is 42.8 Å². The van der Waals surface area contributed by atoms with Gasteiger partial charge in [-0.2, -0.15) is 0 Å². The smallest absolute Gasteiger partial charge is 0.241 e. The Morgan fingerprint density at radius 1 is 1.42 bits per heavy atom. The Kier molecular flexibility index (Phi) is 4.85. The third kappa shape index (κ3) is 3.11. The fourth-order valence-electron chi connectivity index (χ4n) is 3.07. The van der Waals surface area contributed by atoms with E-state index in [1.807, 2.05) is 0 Å². The van der Waals surface area contributed by atoms with E-state index in [4.69, 9.17) is 4.74 Å². The van der Waals surface area contributed by atoms with E-state index in [9.17, 15) is 4.79 Å². The zero-order chi connectivity index (χ0) is 14.0. The largest absolute Gasteiger partial charge is 0.381 e. The lowest BCUT2D eigenvalue weighted by Gasteiger charge is -2.29. The lowest BCUT2D eigenvalue weighted by Crippen LogP contribution is -2.44. The van der Waals surface area contributed by atoms with Crippen LogP contribution in [0.15, 0.2) is 0 Å². The van der Waals surface area contributed by atoms with Crippen molar-refractivity contribution < 1.29 is 9.53 Å². The van der Waals surface area contributed by atoms with Crippen molar-refractivity contribution in [1.82, 2.24) is 10.2 Å². The van der Waals surface area contributed by atoms with Crippen LogP contribution in [0, 0.1) is 17.8 Å². The minimum absolute atomic E-state index is 0.000258. The number of rotatable bonds is 5. The molecule has 2 aliphatic rings. The highest BCUT2D eigenvalue weighted by molar-refractivity contribution is 5.84. The van der Waals surface area contributed by atoms with Crippen LogP contribution in [0.4, 0.5) is 0 Å². The Morgan fingerprint density at radius 2 is 2.16 bits per heavy atom. The van der Waals surface area contributed by atoms with Crippen LogP contribution >= 0.6 is 0 Å². The zero-order valence-corrected chi connectivity index (χ0v) is 12.7. The van der Waals surface area contributed by atoms with Crippen LogP contribution in [0.1, 0.15) is 40.5 Å². The summed E-state index contributed by atoms with van der Waals surface area (Å²) >= 11 is 0. The number of amides is 1. The summed E-state index contributed by atoms with van der Waals surface area (Å²) in [5.41, 5.74) is 0. The lowest BCUT2D eigenvalue weighted by molar-refractivity contribution is -0.132. The van der Waals surface area contributed by atoms with Crippen LogP contribution in [-0.2, 0) is 9.53 Å². The molecule has 1 amide bonds. The Morgan fingerprint density at radius 3 is 2.68 bits per heavy atom. The van der Waals surface area contributed by atoms with E-state index in [0.29, 0.717) is 23.7 Å². The van der Waals surface area contributed by atoms with Gasteiger partial charge in [-0.05, 0) is 18.3 Å². The number of carbonyl (C=O) groups excluding carboxylic acids is 1. The minimum atomic E-state index is -0.000258. The van der Waals surface area contributed by atoms with Gasteiger partial charge in [-0.1, -0.05) is 34.1 Å². The molecule has 4 atom stereocenters. The number of hydrogen-bond acceptors (Lipinski definition) is 3. The van der Waals surface area contributed by atoms with Crippen molar-refractivity contribution in [2.75, 3.05) is 19.8 Å². The molecule has 2 fully saturated rings. The fourth-order valence-corrected chi connectivity index (χ4v) is 3.07. The predicted molar refractivity (Wildman–Crippen MR) is 75.6 cm³/mol. The molecule has 2 saturated heterocycles. The first kappa shape index (κ1) is 14.8. The van der Waals surface area contributed by atoms with E-state index < -0.39 is 0 Å². The Balaban J connectivity index is 2.06. The van der Waals surface area contributed by atoms with Gasteiger partial charge >= 0.3 is 0 Å². The maximum absolute atomic E-state index is 12.6. The van der Waals surface area contributed by atoms with Crippen LogP contribution in [0.25, 0.3) is 0 Å². The molecule has 0 aromatic carbocycles. The van der Waals surface area contributed by atoms with Gasteiger partial charge < -0.3 is 9.64 Å². The molecule has 4 heteroatoms. The van der Waals surface area contributed by atoms with Gasteiger partial charge in [-0.3, -0.25) is 10.1 Å². The van der Waals surface area contributed by atoms with Gasteiger partial charge in [-0.15, -0.1) is 0 Å².